The first-order valence-corrected chi connectivity index (χ1v) is 7.28. The summed E-state index contributed by atoms with van der Waals surface area (Å²) in [5.74, 6) is 0.0991. The van der Waals surface area contributed by atoms with Crippen molar-refractivity contribution in [1.29, 1.82) is 0 Å². The first kappa shape index (κ1) is 11.2. The van der Waals surface area contributed by atoms with Crippen molar-refractivity contribution in [2.75, 3.05) is 13.1 Å². The summed E-state index contributed by atoms with van der Waals surface area (Å²) < 4.78 is 0. The minimum absolute atomic E-state index is 0.0991. The number of hydrogen-bond donors (Lipinski definition) is 2. The van der Waals surface area contributed by atoms with Crippen LogP contribution in [0.2, 0.25) is 0 Å². The number of fused-ring (bicyclic) bond motifs is 1. The lowest BCUT2D eigenvalue weighted by Crippen LogP contribution is -2.32. The van der Waals surface area contributed by atoms with Crippen molar-refractivity contribution < 1.29 is 4.79 Å². The molecule has 92 valence electrons. The summed E-state index contributed by atoms with van der Waals surface area (Å²) in [4.78, 5) is 14.2. The molecular formula is C13H18N2OS. The summed E-state index contributed by atoms with van der Waals surface area (Å²) in [5, 5.41) is 6.37. The van der Waals surface area contributed by atoms with Gasteiger partial charge in [-0.05, 0) is 43.7 Å². The topological polar surface area (TPSA) is 41.1 Å². The monoisotopic (exact) mass is 250 g/mol. The molecule has 0 atom stereocenters. The van der Waals surface area contributed by atoms with Gasteiger partial charge in [0.05, 0.1) is 4.88 Å². The maximum absolute atomic E-state index is 11.9. The zero-order valence-corrected chi connectivity index (χ0v) is 10.7. The van der Waals surface area contributed by atoms with Crippen LogP contribution in [0.25, 0.3) is 0 Å². The second kappa shape index (κ2) is 4.78. The van der Waals surface area contributed by atoms with Crippen LogP contribution in [0.5, 0.6) is 0 Å². The Morgan fingerprint density at radius 1 is 1.35 bits per heavy atom. The van der Waals surface area contributed by atoms with E-state index < -0.39 is 0 Å². The van der Waals surface area contributed by atoms with Gasteiger partial charge in [0.25, 0.3) is 5.91 Å². The van der Waals surface area contributed by atoms with Gasteiger partial charge in [0.2, 0.25) is 0 Å². The van der Waals surface area contributed by atoms with E-state index in [1.54, 1.807) is 11.3 Å². The molecule has 0 radical (unpaired) electrons. The summed E-state index contributed by atoms with van der Waals surface area (Å²) >= 11 is 1.67. The third-order valence-corrected chi connectivity index (χ3v) is 4.63. The van der Waals surface area contributed by atoms with Crippen molar-refractivity contribution in [3.8, 4) is 0 Å². The van der Waals surface area contributed by atoms with E-state index in [0.29, 0.717) is 0 Å². The molecule has 17 heavy (non-hydrogen) atoms. The molecule has 0 saturated heterocycles. The molecule has 0 aliphatic heterocycles. The maximum Gasteiger partial charge on any atom is 0.261 e. The van der Waals surface area contributed by atoms with Gasteiger partial charge in [-0.1, -0.05) is 0 Å². The molecule has 1 heterocycles. The van der Waals surface area contributed by atoms with Crippen molar-refractivity contribution in [3.05, 3.63) is 21.4 Å². The van der Waals surface area contributed by atoms with Gasteiger partial charge in [0.15, 0.2) is 0 Å². The summed E-state index contributed by atoms with van der Waals surface area (Å²) in [6.07, 6.45) is 6.17. The standard InChI is InChI=1S/C13H18N2OS/c16-13(15-7-6-14-10-4-5-10)12-8-9-2-1-3-11(9)17-12/h8,10,14H,1-7H2,(H,15,16). The zero-order chi connectivity index (χ0) is 11.7. The summed E-state index contributed by atoms with van der Waals surface area (Å²) in [7, 11) is 0. The van der Waals surface area contributed by atoms with E-state index in [0.717, 1.165) is 36.9 Å². The molecule has 1 amide bonds. The van der Waals surface area contributed by atoms with Gasteiger partial charge in [-0.15, -0.1) is 11.3 Å². The molecule has 2 aliphatic rings. The lowest BCUT2D eigenvalue weighted by Gasteiger charge is -2.04. The van der Waals surface area contributed by atoms with Crippen LogP contribution in [0.4, 0.5) is 0 Å². The summed E-state index contributed by atoms with van der Waals surface area (Å²) in [6, 6.07) is 2.80. The molecule has 2 N–H and O–H groups in total. The van der Waals surface area contributed by atoms with Crippen LogP contribution in [0.3, 0.4) is 0 Å². The largest absolute Gasteiger partial charge is 0.350 e. The SMILES string of the molecule is O=C(NCCNC1CC1)c1cc2c(s1)CCC2. The third-order valence-electron chi connectivity index (χ3n) is 3.39. The highest BCUT2D eigenvalue weighted by atomic mass is 32.1. The number of thiophene rings is 1. The smallest absolute Gasteiger partial charge is 0.261 e. The molecule has 1 aromatic rings. The van der Waals surface area contributed by atoms with E-state index in [1.807, 2.05) is 0 Å². The fourth-order valence-corrected chi connectivity index (χ4v) is 3.44. The van der Waals surface area contributed by atoms with E-state index >= 15 is 0 Å². The Kier molecular flexibility index (Phi) is 3.16. The van der Waals surface area contributed by atoms with E-state index in [1.165, 1.54) is 29.7 Å². The fraction of sp³-hybridized carbons (Fsp3) is 0.615. The van der Waals surface area contributed by atoms with Crippen LogP contribution >= 0.6 is 11.3 Å². The molecule has 1 saturated carbocycles. The van der Waals surface area contributed by atoms with Crippen molar-refractivity contribution in [2.45, 2.75) is 38.1 Å². The molecule has 3 nitrogen and oxygen atoms in total. The Morgan fingerprint density at radius 3 is 3.00 bits per heavy atom. The highest BCUT2D eigenvalue weighted by molar-refractivity contribution is 7.14. The minimum atomic E-state index is 0.0991. The average molecular weight is 250 g/mol. The molecular weight excluding hydrogens is 232 g/mol. The molecule has 2 aliphatic carbocycles. The van der Waals surface area contributed by atoms with Crippen LogP contribution in [-0.2, 0) is 12.8 Å². The highest BCUT2D eigenvalue weighted by Gasteiger charge is 2.20. The Hall–Kier alpha value is -0.870. The number of carbonyl (C=O) groups is 1. The summed E-state index contributed by atoms with van der Waals surface area (Å²) in [5.41, 5.74) is 1.40. The maximum atomic E-state index is 11.9. The van der Waals surface area contributed by atoms with Crippen molar-refractivity contribution in [2.24, 2.45) is 0 Å². The van der Waals surface area contributed by atoms with Gasteiger partial charge in [-0.25, -0.2) is 0 Å². The Morgan fingerprint density at radius 2 is 2.24 bits per heavy atom. The molecule has 0 spiro atoms. The lowest BCUT2D eigenvalue weighted by atomic mass is 10.2. The van der Waals surface area contributed by atoms with Crippen LogP contribution in [-0.4, -0.2) is 25.0 Å². The van der Waals surface area contributed by atoms with Gasteiger partial charge >= 0.3 is 0 Å². The van der Waals surface area contributed by atoms with Crippen molar-refractivity contribution in [3.63, 3.8) is 0 Å². The predicted molar refractivity (Wildman–Crippen MR) is 69.7 cm³/mol. The molecule has 3 rings (SSSR count). The minimum Gasteiger partial charge on any atom is -0.350 e. The van der Waals surface area contributed by atoms with Crippen molar-refractivity contribution >= 4 is 17.2 Å². The van der Waals surface area contributed by atoms with Crippen LogP contribution in [0.1, 0.15) is 39.4 Å². The van der Waals surface area contributed by atoms with Gasteiger partial charge in [0.1, 0.15) is 0 Å². The van der Waals surface area contributed by atoms with Crippen molar-refractivity contribution in [1.82, 2.24) is 10.6 Å². The first-order valence-electron chi connectivity index (χ1n) is 6.46. The second-order valence-corrected chi connectivity index (χ2v) is 6.03. The normalized spacial score (nSPS) is 18.1. The van der Waals surface area contributed by atoms with Gasteiger partial charge < -0.3 is 10.6 Å². The number of amides is 1. The highest BCUT2D eigenvalue weighted by Crippen LogP contribution is 2.30. The Labute approximate surface area is 106 Å². The van der Waals surface area contributed by atoms with E-state index in [9.17, 15) is 4.79 Å². The fourth-order valence-electron chi connectivity index (χ4n) is 2.27. The van der Waals surface area contributed by atoms with Gasteiger partial charge in [-0.3, -0.25) is 4.79 Å². The molecule has 1 aromatic heterocycles. The van der Waals surface area contributed by atoms with Crippen LogP contribution in [0.15, 0.2) is 6.07 Å². The van der Waals surface area contributed by atoms with Crippen LogP contribution < -0.4 is 10.6 Å². The van der Waals surface area contributed by atoms with Gasteiger partial charge in [0, 0.05) is 24.0 Å². The number of hydrogen-bond acceptors (Lipinski definition) is 3. The quantitative estimate of drug-likeness (QED) is 0.781. The molecule has 0 bridgehead atoms. The second-order valence-electron chi connectivity index (χ2n) is 4.90. The molecule has 4 heteroatoms. The van der Waals surface area contributed by atoms with Crippen LogP contribution in [0, 0.1) is 0 Å². The molecule has 0 aromatic carbocycles. The van der Waals surface area contributed by atoms with E-state index in [4.69, 9.17) is 0 Å². The van der Waals surface area contributed by atoms with Gasteiger partial charge in [-0.2, -0.15) is 0 Å². The number of carbonyl (C=O) groups excluding carboxylic acids is 1. The number of aryl methyl sites for hydroxylation is 2. The average Bonchev–Trinajstić information content (AvgIpc) is 2.87. The Bertz CT molecular complexity index is 402. The molecule has 1 fully saturated rings. The van der Waals surface area contributed by atoms with E-state index in [-0.39, 0.29) is 5.91 Å². The number of nitrogens with one attached hydrogen (secondary N) is 2. The zero-order valence-electron chi connectivity index (χ0n) is 9.92. The molecule has 0 unspecified atom stereocenters. The predicted octanol–water partition coefficient (Wildman–Crippen LogP) is 1.72. The Balaban J connectivity index is 1.47. The summed E-state index contributed by atoms with van der Waals surface area (Å²) in [6.45, 7) is 1.62. The first-order chi connectivity index (χ1) is 8.33. The lowest BCUT2D eigenvalue weighted by molar-refractivity contribution is 0.0958. The van der Waals surface area contributed by atoms with E-state index in [2.05, 4.69) is 16.7 Å². The third kappa shape index (κ3) is 2.69. The number of rotatable bonds is 5.